The van der Waals surface area contributed by atoms with Crippen LogP contribution in [0.15, 0.2) is 17.7 Å². The standard InChI is InChI=1S/C11H7F3O3/c1-5(15)7(11(16)17)4-6-2-3-8(12)10(14)9(6)13/h2-4H,1H3,(H,16,17). The monoisotopic (exact) mass is 244 g/mol. The molecule has 17 heavy (non-hydrogen) atoms. The summed E-state index contributed by atoms with van der Waals surface area (Å²) < 4.78 is 38.6. The van der Waals surface area contributed by atoms with Crippen molar-refractivity contribution < 1.29 is 27.9 Å². The van der Waals surface area contributed by atoms with E-state index in [9.17, 15) is 22.8 Å². The Morgan fingerprint density at radius 1 is 1.18 bits per heavy atom. The third-order valence-corrected chi connectivity index (χ3v) is 1.97. The summed E-state index contributed by atoms with van der Waals surface area (Å²) in [5.41, 5.74) is -1.22. The van der Waals surface area contributed by atoms with Crippen LogP contribution in [0.4, 0.5) is 13.2 Å². The molecule has 0 spiro atoms. The molecule has 0 radical (unpaired) electrons. The summed E-state index contributed by atoms with van der Waals surface area (Å²) in [5.74, 6) is -7.03. The van der Waals surface area contributed by atoms with Gasteiger partial charge in [0.05, 0.1) is 0 Å². The predicted molar refractivity (Wildman–Crippen MR) is 52.6 cm³/mol. The van der Waals surface area contributed by atoms with Crippen molar-refractivity contribution in [2.45, 2.75) is 6.92 Å². The molecule has 0 saturated carbocycles. The summed E-state index contributed by atoms with van der Waals surface area (Å²) >= 11 is 0. The number of carboxylic acid groups (broad SMARTS) is 1. The highest BCUT2D eigenvalue weighted by molar-refractivity contribution is 6.19. The first-order valence-electron chi connectivity index (χ1n) is 4.44. The number of carbonyl (C=O) groups excluding carboxylic acids is 1. The zero-order chi connectivity index (χ0) is 13.2. The summed E-state index contributed by atoms with van der Waals surface area (Å²) in [6.07, 6.45) is 0.655. The van der Waals surface area contributed by atoms with Gasteiger partial charge in [0.1, 0.15) is 5.57 Å². The number of Topliss-reactive ketones (excluding diaryl/α,β-unsaturated/α-hetero) is 1. The minimum absolute atomic E-state index is 0.503. The van der Waals surface area contributed by atoms with Crippen LogP contribution in [0.5, 0.6) is 0 Å². The van der Waals surface area contributed by atoms with Crippen LogP contribution in [0.25, 0.3) is 6.08 Å². The van der Waals surface area contributed by atoms with Crippen LogP contribution in [0.3, 0.4) is 0 Å². The SMILES string of the molecule is CC(=O)C(=Cc1ccc(F)c(F)c1F)C(=O)O. The topological polar surface area (TPSA) is 54.4 Å². The average Bonchev–Trinajstić information content (AvgIpc) is 2.24. The first-order valence-corrected chi connectivity index (χ1v) is 4.44. The van der Waals surface area contributed by atoms with Crippen LogP contribution in [0.1, 0.15) is 12.5 Å². The van der Waals surface area contributed by atoms with Crippen molar-refractivity contribution in [2.24, 2.45) is 0 Å². The van der Waals surface area contributed by atoms with Crippen molar-refractivity contribution in [3.63, 3.8) is 0 Å². The molecule has 6 heteroatoms. The van der Waals surface area contributed by atoms with E-state index in [0.717, 1.165) is 13.0 Å². The summed E-state index contributed by atoms with van der Waals surface area (Å²) in [6, 6.07) is 1.49. The molecule has 0 heterocycles. The Labute approximate surface area is 94.2 Å². The molecule has 0 aromatic heterocycles. The fourth-order valence-electron chi connectivity index (χ4n) is 1.12. The molecule has 0 bridgehead atoms. The van der Waals surface area contributed by atoms with Gasteiger partial charge in [-0.05, 0) is 25.1 Å². The van der Waals surface area contributed by atoms with Crippen LogP contribution < -0.4 is 0 Å². The van der Waals surface area contributed by atoms with Gasteiger partial charge in [-0.25, -0.2) is 18.0 Å². The smallest absolute Gasteiger partial charge is 0.339 e. The van der Waals surface area contributed by atoms with Crippen LogP contribution >= 0.6 is 0 Å². The lowest BCUT2D eigenvalue weighted by Crippen LogP contribution is -2.09. The van der Waals surface area contributed by atoms with Crippen molar-refractivity contribution in [3.8, 4) is 0 Å². The molecule has 0 amide bonds. The van der Waals surface area contributed by atoms with E-state index in [1.807, 2.05) is 0 Å². The van der Waals surface area contributed by atoms with Crippen LogP contribution in [-0.2, 0) is 9.59 Å². The normalized spacial score (nSPS) is 11.4. The molecule has 0 aliphatic heterocycles. The highest BCUT2D eigenvalue weighted by Crippen LogP contribution is 2.18. The minimum Gasteiger partial charge on any atom is -0.478 e. The van der Waals surface area contributed by atoms with Gasteiger partial charge >= 0.3 is 5.97 Å². The molecule has 0 unspecified atom stereocenters. The first kappa shape index (κ1) is 13.0. The summed E-state index contributed by atoms with van der Waals surface area (Å²) in [4.78, 5) is 21.5. The minimum atomic E-state index is -1.72. The Morgan fingerprint density at radius 3 is 2.24 bits per heavy atom. The first-order chi connectivity index (χ1) is 7.84. The summed E-state index contributed by atoms with van der Waals surface area (Å²) in [7, 11) is 0. The number of halogens is 3. The van der Waals surface area contributed by atoms with E-state index in [0.29, 0.717) is 12.1 Å². The van der Waals surface area contributed by atoms with E-state index < -0.39 is 40.3 Å². The van der Waals surface area contributed by atoms with E-state index in [2.05, 4.69) is 0 Å². The molecule has 0 fully saturated rings. The lowest BCUT2D eigenvalue weighted by molar-refractivity contribution is -0.134. The number of benzene rings is 1. The maximum absolute atomic E-state index is 13.2. The van der Waals surface area contributed by atoms with E-state index in [4.69, 9.17) is 5.11 Å². The second-order valence-corrected chi connectivity index (χ2v) is 3.18. The number of hydrogen-bond acceptors (Lipinski definition) is 2. The largest absolute Gasteiger partial charge is 0.478 e. The molecule has 1 N–H and O–H groups in total. The number of carbonyl (C=O) groups is 2. The molecule has 1 aromatic rings. The van der Waals surface area contributed by atoms with Crippen LogP contribution in [0, 0.1) is 17.5 Å². The third kappa shape index (κ3) is 2.72. The average molecular weight is 244 g/mol. The highest BCUT2D eigenvalue weighted by Gasteiger charge is 2.17. The lowest BCUT2D eigenvalue weighted by atomic mass is 10.1. The van der Waals surface area contributed by atoms with Gasteiger partial charge in [0, 0.05) is 5.56 Å². The highest BCUT2D eigenvalue weighted by atomic mass is 19.2. The van der Waals surface area contributed by atoms with Crippen molar-refractivity contribution in [2.75, 3.05) is 0 Å². The molecular weight excluding hydrogens is 237 g/mol. The Hall–Kier alpha value is -2.11. The Kier molecular flexibility index (Phi) is 3.67. The molecule has 0 aliphatic carbocycles. The second-order valence-electron chi connectivity index (χ2n) is 3.18. The zero-order valence-corrected chi connectivity index (χ0v) is 8.63. The van der Waals surface area contributed by atoms with Crippen molar-refractivity contribution >= 4 is 17.8 Å². The van der Waals surface area contributed by atoms with E-state index in [1.165, 1.54) is 0 Å². The molecule has 0 saturated heterocycles. The van der Waals surface area contributed by atoms with Gasteiger partial charge in [-0.2, -0.15) is 0 Å². The third-order valence-electron chi connectivity index (χ3n) is 1.97. The Bertz CT molecular complexity index is 505. The Morgan fingerprint density at radius 2 is 1.76 bits per heavy atom. The summed E-state index contributed by atoms with van der Waals surface area (Å²) in [5, 5.41) is 8.64. The van der Waals surface area contributed by atoms with Gasteiger partial charge in [-0.3, -0.25) is 4.79 Å². The van der Waals surface area contributed by atoms with Gasteiger partial charge in [-0.1, -0.05) is 0 Å². The van der Waals surface area contributed by atoms with Crippen molar-refractivity contribution in [3.05, 3.63) is 40.7 Å². The fraction of sp³-hybridized carbons (Fsp3) is 0.0909. The van der Waals surface area contributed by atoms with Gasteiger partial charge in [0.25, 0.3) is 0 Å². The van der Waals surface area contributed by atoms with Crippen molar-refractivity contribution in [1.29, 1.82) is 0 Å². The zero-order valence-electron chi connectivity index (χ0n) is 8.63. The lowest BCUT2D eigenvalue weighted by Gasteiger charge is -2.01. The van der Waals surface area contributed by atoms with E-state index in [-0.39, 0.29) is 0 Å². The maximum Gasteiger partial charge on any atom is 0.339 e. The molecule has 1 rings (SSSR count). The maximum atomic E-state index is 13.2. The molecule has 0 atom stereocenters. The fourth-order valence-corrected chi connectivity index (χ4v) is 1.12. The van der Waals surface area contributed by atoms with E-state index in [1.54, 1.807) is 0 Å². The molecule has 0 aliphatic rings. The van der Waals surface area contributed by atoms with Gasteiger partial charge < -0.3 is 5.11 Å². The molecular formula is C11H7F3O3. The van der Waals surface area contributed by atoms with E-state index >= 15 is 0 Å². The molecule has 1 aromatic carbocycles. The summed E-state index contributed by atoms with van der Waals surface area (Å²) in [6.45, 7) is 0.970. The number of rotatable bonds is 3. The molecule has 90 valence electrons. The quantitative estimate of drug-likeness (QED) is 0.383. The predicted octanol–water partition coefficient (Wildman–Crippen LogP) is 2.16. The number of hydrogen-bond donors (Lipinski definition) is 1. The Balaban J connectivity index is 3.35. The number of carboxylic acids is 1. The van der Waals surface area contributed by atoms with Crippen LogP contribution in [-0.4, -0.2) is 16.9 Å². The van der Waals surface area contributed by atoms with Gasteiger partial charge in [0.15, 0.2) is 23.2 Å². The number of ketones is 1. The molecule has 3 nitrogen and oxygen atoms in total. The second kappa shape index (κ2) is 4.82. The van der Waals surface area contributed by atoms with Crippen molar-refractivity contribution in [1.82, 2.24) is 0 Å². The van der Waals surface area contributed by atoms with Gasteiger partial charge in [-0.15, -0.1) is 0 Å². The van der Waals surface area contributed by atoms with Crippen LogP contribution in [0.2, 0.25) is 0 Å². The number of aliphatic carboxylic acids is 1. The van der Waals surface area contributed by atoms with Gasteiger partial charge in [0.2, 0.25) is 0 Å².